The van der Waals surface area contributed by atoms with Gasteiger partial charge in [0.1, 0.15) is 0 Å². The first-order valence-electron chi connectivity index (χ1n) is 9.29. The smallest absolute Gasteiger partial charge is 0.312 e. The van der Waals surface area contributed by atoms with Crippen molar-refractivity contribution in [2.24, 2.45) is 5.73 Å². The molecule has 1 saturated heterocycles. The molecule has 3 N–H and O–H groups in total. The van der Waals surface area contributed by atoms with Crippen LogP contribution in [0.1, 0.15) is 29.6 Å². The molecule has 2 aromatic rings. The van der Waals surface area contributed by atoms with Gasteiger partial charge in [0.15, 0.2) is 0 Å². The third-order valence-corrected chi connectivity index (χ3v) is 5.41. The number of hydrogen-bond acceptors (Lipinski definition) is 3. The highest BCUT2D eigenvalue weighted by atomic mass is 35.5. The van der Waals surface area contributed by atoms with E-state index >= 15 is 0 Å². The van der Waals surface area contributed by atoms with Crippen LogP contribution in [0.4, 0.5) is 4.79 Å². The molecule has 2 aromatic carbocycles. The molecule has 0 saturated carbocycles. The van der Waals surface area contributed by atoms with Crippen LogP contribution < -0.4 is 11.1 Å². The number of rotatable bonds is 5. The third kappa shape index (κ3) is 4.82. The molecule has 0 aliphatic carbocycles. The fourth-order valence-electron chi connectivity index (χ4n) is 3.64. The fourth-order valence-corrected chi connectivity index (χ4v) is 3.91. The van der Waals surface area contributed by atoms with E-state index in [0.717, 1.165) is 18.7 Å². The number of primary amides is 1. The van der Waals surface area contributed by atoms with Gasteiger partial charge < -0.3 is 20.9 Å². The molecule has 3 amide bonds. The van der Waals surface area contributed by atoms with Gasteiger partial charge >= 0.3 is 6.03 Å². The maximum absolute atomic E-state index is 13.2. The fraction of sp³-hybridized carbons (Fsp3) is 0.333. The van der Waals surface area contributed by atoms with Crippen LogP contribution >= 0.6 is 11.6 Å². The van der Waals surface area contributed by atoms with Gasteiger partial charge in [-0.2, -0.15) is 0 Å². The zero-order valence-electron chi connectivity index (χ0n) is 15.8. The van der Waals surface area contributed by atoms with E-state index in [1.807, 2.05) is 41.3 Å². The van der Waals surface area contributed by atoms with Crippen LogP contribution in [0, 0.1) is 0 Å². The largest absolute Gasteiger partial charge is 0.352 e. The Kier molecular flexibility index (Phi) is 6.54. The molecule has 7 heteroatoms. The van der Waals surface area contributed by atoms with Gasteiger partial charge in [-0.1, -0.05) is 60.1 Å². The molecule has 3 rings (SSSR count). The Morgan fingerprint density at radius 3 is 2.50 bits per heavy atom. The molecule has 0 bridgehead atoms. The Bertz CT molecular complexity index is 830. The van der Waals surface area contributed by atoms with Crippen molar-refractivity contribution >= 4 is 23.5 Å². The minimum absolute atomic E-state index is 0.0343. The van der Waals surface area contributed by atoms with Crippen LogP contribution in [0.3, 0.4) is 0 Å². The van der Waals surface area contributed by atoms with E-state index in [1.165, 1.54) is 0 Å². The zero-order valence-corrected chi connectivity index (χ0v) is 16.6. The molecule has 0 radical (unpaired) electrons. The second-order valence-electron chi connectivity index (χ2n) is 7.06. The van der Waals surface area contributed by atoms with E-state index in [1.54, 1.807) is 18.2 Å². The minimum Gasteiger partial charge on any atom is -0.352 e. The molecule has 0 spiro atoms. The first-order valence-corrected chi connectivity index (χ1v) is 9.67. The molecule has 2 atom stereocenters. The average Bonchev–Trinajstić information content (AvgIpc) is 2.68. The Morgan fingerprint density at radius 1 is 1.14 bits per heavy atom. The molecule has 28 heavy (non-hydrogen) atoms. The summed E-state index contributed by atoms with van der Waals surface area (Å²) in [6.07, 6.45) is 0.0969. The SMILES string of the molecule is CN1CCN(C(=O)C[C@H](NC(N)=O)c2ccccc2Cl)[C@H](c2ccccc2)C1. The van der Waals surface area contributed by atoms with Crippen molar-refractivity contribution in [2.45, 2.75) is 18.5 Å². The molecule has 1 fully saturated rings. The summed E-state index contributed by atoms with van der Waals surface area (Å²) in [6.45, 7) is 2.19. The summed E-state index contributed by atoms with van der Waals surface area (Å²) in [6, 6.07) is 15.9. The van der Waals surface area contributed by atoms with Crippen LogP contribution in [0.2, 0.25) is 5.02 Å². The number of halogens is 1. The summed E-state index contributed by atoms with van der Waals surface area (Å²) in [7, 11) is 2.05. The van der Waals surface area contributed by atoms with Gasteiger partial charge in [0.25, 0.3) is 0 Å². The lowest BCUT2D eigenvalue weighted by Crippen LogP contribution is -2.50. The quantitative estimate of drug-likeness (QED) is 0.809. The number of piperazine rings is 1. The first kappa shape index (κ1) is 20.2. The lowest BCUT2D eigenvalue weighted by atomic mass is 9.99. The van der Waals surface area contributed by atoms with E-state index < -0.39 is 12.1 Å². The second kappa shape index (κ2) is 9.08. The summed E-state index contributed by atoms with van der Waals surface area (Å²) in [4.78, 5) is 28.9. The number of likely N-dealkylation sites (N-methyl/N-ethyl adjacent to an activating group) is 1. The number of urea groups is 1. The molecule has 1 heterocycles. The summed E-state index contributed by atoms with van der Waals surface area (Å²) in [5, 5.41) is 3.16. The predicted octanol–water partition coefficient (Wildman–Crippen LogP) is 2.95. The monoisotopic (exact) mass is 400 g/mol. The van der Waals surface area contributed by atoms with E-state index in [4.69, 9.17) is 17.3 Å². The molecular weight excluding hydrogens is 376 g/mol. The molecular formula is C21H25ClN4O2. The molecule has 0 unspecified atom stereocenters. The minimum atomic E-state index is -0.685. The number of nitrogens with two attached hydrogens (primary N) is 1. The Balaban J connectivity index is 1.83. The number of amides is 3. The van der Waals surface area contributed by atoms with Crippen LogP contribution in [0.25, 0.3) is 0 Å². The van der Waals surface area contributed by atoms with Gasteiger partial charge in [0.2, 0.25) is 5.91 Å². The van der Waals surface area contributed by atoms with Crippen LogP contribution in [-0.2, 0) is 4.79 Å². The van der Waals surface area contributed by atoms with Crippen molar-refractivity contribution in [3.05, 3.63) is 70.7 Å². The van der Waals surface area contributed by atoms with Crippen LogP contribution in [0.5, 0.6) is 0 Å². The summed E-state index contributed by atoms with van der Waals surface area (Å²) in [5.74, 6) is -0.0411. The normalized spacial score (nSPS) is 18.5. The highest BCUT2D eigenvalue weighted by Gasteiger charge is 2.32. The number of hydrogen-bond donors (Lipinski definition) is 2. The zero-order chi connectivity index (χ0) is 20.1. The van der Waals surface area contributed by atoms with Gasteiger partial charge in [0, 0.05) is 24.7 Å². The third-order valence-electron chi connectivity index (χ3n) is 5.06. The van der Waals surface area contributed by atoms with Gasteiger partial charge in [-0.3, -0.25) is 4.79 Å². The maximum atomic E-state index is 13.2. The molecule has 1 aliphatic heterocycles. The summed E-state index contributed by atoms with van der Waals surface area (Å²) >= 11 is 6.29. The standard InChI is InChI=1S/C21H25ClN4O2/c1-25-11-12-26(19(14-25)15-7-3-2-4-8-15)20(27)13-18(24-21(23)28)16-9-5-6-10-17(16)22/h2-10,18-19H,11-14H2,1H3,(H3,23,24,28)/t18-,19-/m0/s1. The highest BCUT2D eigenvalue weighted by molar-refractivity contribution is 6.31. The summed E-state index contributed by atoms with van der Waals surface area (Å²) < 4.78 is 0. The number of benzene rings is 2. The molecule has 1 aliphatic rings. The lowest BCUT2D eigenvalue weighted by Gasteiger charge is -2.41. The summed E-state index contributed by atoms with van der Waals surface area (Å²) in [5.41, 5.74) is 7.13. The van der Waals surface area contributed by atoms with E-state index in [0.29, 0.717) is 17.1 Å². The Hall–Kier alpha value is -2.57. The van der Waals surface area contributed by atoms with Crippen molar-refractivity contribution in [3.63, 3.8) is 0 Å². The van der Waals surface area contributed by atoms with Gasteiger partial charge in [-0.25, -0.2) is 4.79 Å². The molecule has 6 nitrogen and oxygen atoms in total. The van der Waals surface area contributed by atoms with Gasteiger partial charge in [-0.05, 0) is 24.2 Å². The Labute approximate surface area is 170 Å². The van der Waals surface area contributed by atoms with Crippen molar-refractivity contribution < 1.29 is 9.59 Å². The maximum Gasteiger partial charge on any atom is 0.312 e. The Morgan fingerprint density at radius 2 is 1.82 bits per heavy atom. The molecule has 148 valence electrons. The molecule has 0 aromatic heterocycles. The highest BCUT2D eigenvalue weighted by Crippen LogP contribution is 2.29. The number of nitrogens with zero attached hydrogens (tertiary/aromatic N) is 2. The second-order valence-corrected chi connectivity index (χ2v) is 7.47. The number of carbonyl (C=O) groups excluding carboxylic acids is 2. The van der Waals surface area contributed by atoms with Crippen LogP contribution in [0.15, 0.2) is 54.6 Å². The topological polar surface area (TPSA) is 78.7 Å². The predicted molar refractivity (Wildman–Crippen MR) is 110 cm³/mol. The van der Waals surface area contributed by atoms with Crippen molar-refractivity contribution in [1.29, 1.82) is 0 Å². The lowest BCUT2D eigenvalue weighted by molar-refractivity contribution is -0.136. The van der Waals surface area contributed by atoms with E-state index in [9.17, 15) is 9.59 Å². The van der Waals surface area contributed by atoms with Crippen molar-refractivity contribution in [3.8, 4) is 0 Å². The van der Waals surface area contributed by atoms with E-state index in [2.05, 4.69) is 17.3 Å². The van der Waals surface area contributed by atoms with E-state index in [-0.39, 0.29) is 18.4 Å². The number of nitrogens with one attached hydrogen (secondary N) is 1. The van der Waals surface area contributed by atoms with Gasteiger partial charge in [0.05, 0.1) is 18.5 Å². The van der Waals surface area contributed by atoms with Crippen molar-refractivity contribution in [1.82, 2.24) is 15.1 Å². The van der Waals surface area contributed by atoms with Crippen molar-refractivity contribution in [2.75, 3.05) is 26.7 Å². The van der Waals surface area contributed by atoms with Crippen LogP contribution in [-0.4, -0.2) is 48.4 Å². The first-order chi connectivity index (χ1) is 13.5. The van der Waals surface area contributed by atoms with Gasteiger partial charge in [-0.15, -0.1) is 0 Å². The number of carbonyl (C=O) groups is 2. The average molecular weight is 401 g/mol.